The minimum absolute atomic E-state index is 0.123. The highest BCUT2D eigenvalue weighted by Crippen LogP contribution is 2.44. The quantitative estimate of drug-likeness (QED) is 0.323. The third kappa shape index (κ3) is 4.88. The number of aromatic nitrogens is 4. The van der Waals surface area contributed by atoms with Gasteiger partial charge in [0, 0.05) is 42.0 Å². The van der Waals surface area contributed by atoms with Crippen LogP contribution in [0.3, 0.4) is 0 Å². The molecular weight excluding hydrogens is 507 g/mol. The fraction of sp³-hybridized carbons (Fsp3) is 0.407. The van der Waals surface area contributed by atoms with Gasteiger partial charge < -0.3 is 9.73 Å². The molecule has 0 aliphatic heterocycles. The summed E-state index contributed by atoms with van der Waals surface area (Å²) < 4.78 is 49.1. The smallest absolute Gasteiger partial charge is 0.266 e. The largest absolute Gasteiger partial charge is 0.420 e. The Kier molecular flexibility index (Phi) is 5.95. The Morgan fingerprint density at radius 2 is 1.89 bits per heavy atom. The zero-order valence-corrected chi connectivity index (χ0v) is 22.3. The van der Waals surface area contributed by atoms with Gasteiger partial charge in [0.2, 0.25) is 15.9 Å². The topological polar surface area (TPSA) is 123 Å². The van der Waals surface area contributed by atoms with Crippen molar-refractivity contribution in [3.8, 4) is 11.6 Å². The van der Waals surface area contributed by atoms with E-state index >= 15 is 0 Å². The van der Waals surface area contributed by atoms with Crippen LogP contribution in [0.5, 0.6) is 0 Å². The molecule has 1 atom stereocenters. The van der Waals surface area contributed by atoms with Crippen LogP contribution in [-0.4, -0.2) is 40.8 Å². The fourth-order valence-electron chi connectivity index (χ4n) is 4.94. The molecule has 9 nitrogen and oxygen atoms in total. The molecule has 11 heteroatoms. The van der Waals surface area contributed by atoms with Crippen molar-refractivity contribution < 1.29 is 17.2 Å². The van der Waals surface area contributed by atoms with Crippen molar-refractivity contribution in [2.45, 2.75) is 69.0 Å². The van der Waals surface area contributed by atoms with E-state index in [1.165, 1.54) is 13.8 Å². The zero-order valence-electron chi connectivity index (χ0n) is 21.5. The van der Waals surface area contributed by atoms with Gasteiger partial charge in [0.1, 0.15) is 11.4 Å². The first kappa shape index (κ1) is 24.9. The molecule has 3 heterocycles. The lowest BCUT2D eigenvalue weighted by Crippen LogP contribution is -2.35. The van der Waals surface area contributed by atoms with Gasteiger partial charge in [0.25, 0.3) is 5.89 Å². The van der Waals surface area contributed by atoms with Crippen LogP contribution in [-0.2, 0) is 16.4 Å². The Hall–Kier alpha value is -3.44. The van der Waals surface area contributed by atoms with Gasteiger partial charge in [-0.05, 0) is 74.9 Å². The van der Waals surface area contributed by atoms with Crippen molar-refractivity contribution in [3.05, 3.63) is 59.4 Å². The Balaban J connectivity index is 1.36. The Morgan fingerprint density at radius 1 is 1.08 bits per heavy atom. The molecule has 6 rings (SSSR count). The molecule has 0 spiro atoms. The SMILES string of the molecule is Cc1nnc(-c2ccc(NC3CCc4c3cc(S(=O)(=O)NCC(C)(C)F)c3cc(C5CC5)ncc43)cn2)o1. The van der Waals surface area contributed by atoms with Crippen molar-refractivity contribution in [1.82, 2.24) is 24.9 Å². The van der Waals surface area contributed by atoms with Gasteiger partial charge in [0.05, 0.1) is 22.8 Å². The second-order valence-corrected chi connectivity index (χ2v) is 12.4. The van der Waals surface area contributed by atoms with Crippen molar-refractivity contribution in [1.29, 1.82) is 0 Å². The molecule has 0 bridgehead atoms. The Labute approximate surface area is 220 Å². The van der Waals surface area contributed by atoms with Crippen LogP contribution in [0.2, 0.25) is 0 Å². The highest BCUT2D eigenvalue weighted by atomic mass is 32.2. The molecule has 4 aromatic rings. The number of hydrogen-bond donors (Lipinski definition) is 2. The van der Waals surface area contributed by atoms with Crippen LogP contribution in [0.25, 0.3) is 22.4 Å². The average molecular weight is 537 g/mol. The lowest BCUT2D eigenvalue weighted by atomic mass is 10.00. The van der Waals surface area contributed by atoms with Crippen LogP contribution in [0.15, 0.2) is 46.0 Å². The summed E-state index contributed by atoms with van der Waals surface area (Å²) in [6.45, 7) is 4.11. The standard InChI is InChI=1S/C27H29FN6O3S/c1-15-33-34-26(37-15)23-8-6-17(12-29-23)32-22-9-7-18-19(22)11-25(38(35,36)31-14-27(2,3)28)20-10-24(16-4-5-16)30-13-21(18)20/h6,8,10-13,16,22,31-32H,4-5,7,9,14H2,1-3H3. The molecule has 2 aliphatic rings. The lowest BCUT2D eigenvalue weighted by Gasteiger charge is -2.20. The first-order valence-corrected chi connectivity index (χ1v) is 14.2. The average Bonchev–Trinajstić information content (AvgIpc) is 3.52. The van der Waals surface area contributed by atoms with Crippen molar-refractivity contribution in [2.75, 3.05) is 11.9 Å². The molecule has 38 heavy (non-hydrogen) atoms. The van der Waals surface area contributed by atoms with Gasteiger partial charge in [-0.15, -0.1) is 10.2 Å². The van der Waals surface area contributed by atoms with Crippen molar-refractivity contribution in [2.24, 2.45) is 0 Å². The number of hydrogen-bond acceptors (Lipinski definition) is 8. The highest BCUT2D eigenvalue weighted by Gasteiger charge is 2.32. The summed E-state index contributed by atoms with van der Waals surface area (Å²) in [4.78, 5) is 9.28. The van der Waals surface area contributed by atoms with Gasteiger partial charge >= 0.3 is 0 Å². The second kappa shape index (κ2) is 9.09. The third-order valence-corrected chi connectivity index (χ3v) is 8.47. The van der Waals surface area contributed by atoms with E-state index in [9.17, 15) is 12.8 Å². The normalized spacial score (nSPS) is 17.6. The predicted octanol–water partition coefficient (Wildman–Crippen LogP) is 4.99. The molecule has 2 N–H and O–H groups in total. The number of alkyl halides is 1. The molecule has 0 radical (unpaired) electrons. The van der Waals surface area contributed by atoms with E-state index in [0.717, 1.165) is 53.6 Å². The summed E-state index contributed by atoms with van der Waals surface area (Å²) in [5.74, 6) is 1.19. The molecular formula is C27H29FN6O3S. The van der Waals surface area contributed by atoms with Gasteiger partial charge in [-0.1, -0.05) is 0 Å². The van der Waals surface area contributed by atoms with Crippen LogP contribution < -0.4 is 10.0 Å². The lowest BCUT2D eigenvalue weighted by molar-refractivity contribution is 0.221. The minimum atomic E-state index is -3.98. The van der Waals surface area contributed by atoms with E-state index in [-0.39, 0.29) is 17.5 Å². The number of rotatable bonds is 8. The molecule has 1 fully saturated rings. The van der Waals surface area contributed by atoms with Crippen LogP contribution >= 0.6 is 0 Å². The number of benzene rings is 1. The summed E-state index contributed by atoms with van der Waals surface area (Å²) in [5, 5.41) is 12.8. The summed E-state index contributed by atoms with van der Waals surface area (Å²) in [5.41, 5.74) is 2.57. The maximum absolute atomic E-state index is 14.2. The minimum Gasteiger partial charge on any atom is -0.420 e. The number of fused-ring (bicyclic) bond motifs is 3. The molecule has 3 aromatic heterocycles. The molecule has 1 unspecified atom stereocenters. The van der Waals surface area contributed by atoms with E-state index in [1.54, 1.807) is 25.3 Å². The summed E-state index contributed by atoms with van der Waals surface area (Å²) >= 11 is 0. The summed E-state index contributed by atoms with van der Waals surface area (Å²) in [7, 11) is -3.98. The van der Waals surface area contributed by atoms with Gasteiger partial charge in [0.15, 0.2) is 0 Å². The van der Waals surface area contributed by atoms with Crippen LogP contribution in [0.1, 0.15) is 67.8 Å². The molecule has 1 aromatic carbocycles. The van der Waals surface area contributed by atoms with E-state index in [2.05, 4.69) is 30.2 Å². The van der Waals surface area contributed by atoms with Crippen molar-refractivity contribution >= 4 is 26.5 Å². The van der Waals surface area contributed by atoms with E-state index in [0.29, 0.717) is 28.8 Å². The molecule has 0 saturated heterocycles. The maximum Gasteiger partial charge on any atom is 0.266 e. The fourth-order valence-corrected chi connectivity index (χ4v) is 6.37. The summed E-state index contributed by atoms with van der Waals surface area (Å²) in [6, 6.07) is 7.21. The van der Waals surface area contributed by atoms with Crippen LogP contribution in [0, 0.1) is 6.92 Å². The Bertz CT molecular complexity index is 1630. The third-order valence-electron chi connectivity index (χ3n) is 7.03. The van der Waals surface area contributed by atoms with Gasteiger partial charge in [-0.3, -0.25) is 4.98 Å². The highest BCUT2D eigenvalue weighted by molar-refractivity contribution is 7.89. The molecule has 198 valence electrons. The monoisotopic (exact) mass is 536 g/mol. The number of aryl methyl sites for hydroxylation is 2. The van der Waals surface area contributed by atoms with Gasteiger partial charge in [-0.25, -0.2) is 22.5 Å². The second-order valence-electron chi connectivity index (χ2n) is 10.7. The van der Waals surface area contributed by atoms with E-state index in [4.69, 9.17) is 4.42 Å². The zero-order chi connectivity index (χ0) is 26.7. The molecule has 1 saturated carbocycles. The molecule has 0 amide bonds. The molecule has 2 aliphatic carbocycles. The van der Waals surface area contributed by atoms with Gasteiger partial charge in [-0.2, -0.15) is 0 Å². The number of halogens is 1. The predicted molar refractivity (Wildman–Crippen MR) is 141 cm³/mol. The number of nitrogens with one attached hydrogen (secondary N) is 2. The van der Waals surface area contributed by atoms with Crippen LogP contribution in [0.4, 0.5) is 10.1 Å². The van der Waals surface area contributed by atoms with E-state index in [1.807, 2.05) is 18.3 Å². The number of sulfonamides is 1. The maximum atomic E-state index is 14.2. The Morgan fingerprint density at radius 3 is 2.55 bits per heavy atom. The first-order chi connectivity index (χ1) is 18.1. The first-order valence-electron chi connectivity index (χ1n) is 12.7. The van der Waals surface area contributed by atoms with Crippen molar-refractivity contribution in [3.63, 3.8) is 0 Å². The number of pyridine rings is 2. The number of anilines is 1. The van der Waals surface area contributed by atoms with E-state index < -0.39 is 15.7 Å². The summed E-state index contributed by atoms with van der Waals surface area (Å²) in [6.07, 6.45) is 7.19. The number of nitrogens with zero attached hydrogens (tertiary/aromatic N) is 4.